The van der Waals surface area contributed by atoms with Crippen LogP contribution in [0, 0.1) is 18.2 Å². The smallest absolute Gasteiger partial charge is 0.267 e. The number of terminal acetylenes is 1. The van der Waals surface area contributed by atoms with Gasteiger partial charge in [0, 0.05) is 11.8 Å². The number of fused-ring (bicyclic) bond motifs is 1. The van der Waals surface area contributed by atoms with Crippen molar-refractivity contribution in [2.24, 2.45) is 0 Å². The number of hydrogen-bond donors (Lipinski definition) is 0. The average molecular weight is 402 g/mol. The molecule has 0 spiro atoms. The van der Waals surface area contributed by atoms with Crippen LogP contribution in [-0.2, 0) is 0 Å². The molecule has 2 aromatic carbocycles. The summed E-state index contributed by atoms with van der Waals surface area (Å²) in [5, 5.41) is 0.434. The Morgan fingerprint density at radius 2 is 1.90 bits per heavy atom. The van der Waals surface area contributed by atoms with Gasteiger partial charge >= 0.3 is 0 Å². The van der Waals surface area contributed by atoms with Crippen molar-refractivity contribution in [2.75, 3.05) is 0 Å². The highest BCUT2D eigenvalue weighted by atomic mass is 35.5. The van der Waals surface area contributed by atoms with E-state index in [9.17, 15) is 9.18 Å². The number of halogens is 2. The summed E-state index contributed by atoms with van der Waals surface area (Å²) in [4.78, 5) is 21.8. The van der Waals surface area contributed by atoms with Gasteiger partial charge in [-0.2, -0.15) is 0 Å². The monoisotopic (exact) mass is 401 g/mol. The van der Waals surface area contributed by atoms with Crippen LogP contribution >= 0.6 is 11.6 Å². The van der Waals surface area contributed by atoms with Crippen LogP contribution in [0.4, 0.5) is 4.39 Å². The van der Waals surface area contributed by atoms with Crippen LogP contribution < -0.4 is 5.56 Å². The summed E-state index contributed by atoms with van der Waals surface area (Å²) in [5.41, 5.74) is 1.95. The molecule has 6 heteroatoms. The lowest BCUT2D eigenvalue weighted by molar-refractivity contribution is 0.628. The molecule has 0 amide bonds. The molecule has 29 heavy (non-hydrogen) atoms. The SMILES string of the molecule is C#Cc1ccc(-n2c(C=Cc3ccc(Cl)c(F)c3)nc3ncccc3c2=O)cc1. The molecule has 0 aliphatic rings. The highest BCUT2D eigenvalue weighted by Crippen LogP contribution is 2.18. The molecular weight excluding hydrogens is 389 g/mol. The van der Waals surface area contributed by atoms with Gasteiger partial charge in [-0.25, -0.2) is 14.4 Å². The number of nitrogens with zero attached hydrogens (tertiary/aromatic N) is 3. The minimum absolute atomic E-state index is 0.0423. The molecule has 2 aromatic heterocycles. The molecule has 4 aromatic rings. The second-order valence-electron chi connectivity index (χ2n) is 6.18. The number of rotatable bonds is 3. The average Bonchev–Trinajstić information content (AvgIpc) is 2.75. The summed E-state index contributed by atoms with van der Waals surface area (Å²) in [6.07, 6.45) is 10.3. The van der Waals surface area contributed by atoms with Gasteiger partial charge in [0.2, 0.25) is 0 Å². The number of aromatic nitrogens is 3. The lowest BCUT2D eigenvalue weighted by Gasteiger charge is -2.11. The summed E-state index contributed by atoms with van der Waals surface area (Å²) < 4.78 is 15.2. The minimum Gasteiger partial charge on any atom is -0.268 e. The van der Waals surface area contributed by atoms with E-state index in [-0.39, 0.29) is 10.6 Å². The third-order valence-corrected chi connectivity index (χ3v) is 4.64. The topological polar surface area (TPSA) is 47.8 Å². The quantitative estimate of drug-likeness (QED) is 0.466. The lowest BCUT2D eigenvalue weighted by atomic mass is 10.2. The van der Waals surface area contributed by atoms with Crippen molar-refractivity contribution >= 4 is 34.8 Å². The lowest BCUT2D eigenvalue weighted by Crippen LogP contribution is -2.22. The Hall–Kier alpha value is -3.75. The Balaban J connectivity index is 1.91. The predicted octanol–water partition coefficient (Wildman–Crippen LogP) is 4.72. The van der Waals surface area contributed by atoms with Crippen LogP contribution in [0.25, 0.3) is 28.9 Å². The highest BCUT2D eigenvalue weighted by Gasteiger charge is 2.12. The third-order valence-electron chi connectivity index (χ3n) is 4.33. The number of pyridine rings is 1. The van der Waals surface area contributed by atoms with E-state index in [1.54, 1.807) is 60.8 Å². The molecular formula is C23H13ClFN3O. The maximum atomic E-state index is 13.7. The molecule has 0 saturated carbocycles. The van der Waals surface area contributed by atoms with Crippen LogP contribution in [0.5, 0.6) is 0 Å². The molecule has 0 saturated heterocycles. The van der Waals surface area contributed by atoms with Gasteiger partial charge in [0.05, 0.1) is 16.1 Å². The van der Waals surface area contributed by atoms with Gasteiger partial charge in [-0.1, -0.05) is 29.7 Å². The second kappa shape index (κ2) is 7.70. The first kappa shape index (κ1) is 18.6. The Morgan fingerprint density at radius 3 is 2.62 bits per heavy atom. The van der Waals surface area contributed by atoms with Crippen LogP contribution in [0.1, 0.15) is 17.0 Å². The van der Waals surface area contributed by atoms with Crippen molar-refractivity contribution in [3.05, 3.63) is 98.9 Å². The summed E-state index contributed by atoms with van der Waals surface area (Å²) >= 11 is 5.73. The Kier molecular flexibility index (Phi) is 4.94. The van der Waals surface area contributed by atoms with Crippen molar-refractivity contribution in [1.29, 1.82) is 0 Å². The predicted molar refractivity (Wildman–Crippen MR) is 113 cm³/mol. The zero-order valence-corrected chi connectivity index (χ0v) is 15.8. The fourth-order valence-electron chi connectivity index (χ4n) is 2.89. The molecule has 0 bridgehead atoms. The molecule has 0 aliphatic carbocycles. The van der Waals surface area contributed by atoms with Gasteiger partial charge in [0.25, 0.3) is 5.56 Å². The summed E-state index contributed by atoms with van der Waals surface area (Å²) in [6, 6.07) is 14.8. The van der Waals surface area contributed by atoms with Gasteiger partial charge in [-0.3, -0.25) is 9.36 Å². The largest absolute Gasteiger partial charge is 0.268 e. The molecule has 4 nitrogen and oxygen atoms in total. The first-order valence-corrected chi connectivity index (χ1v) is 9.02. The van der Waals surface area contributed by atoms with Gasteiger partial charge in [0.1, 0.15) is 11.6 Å². The van der Waals surface area contributed by atoms with Gasteiger partial charge in [-0.15, -0.1) is 6.42 Å². The fourth-order valence-corrected chi connectivity index (χ4v) is 3.01. The van der Waals surface area contributed by atoms with Gasteiger partial charge in [0.15, 0.2) is 5.65 Å². The zero-order valence-electron chi connectivity index (χ0n) is 15.0. The Labute approximate surface area is 170 Å². The van der Waals surface area contributed by atoms with Crippen molar-refractivity contribution < 1.29 is 4.39 Å². The molecule has 0 unspecified atom stereocenters. The van der Waals surface area contributed by atoms with E-state index in [0.717, 1.165) is 0 Å². The molecule has 4 rings (SSSR count). The molecule has 0 N–H and O–H groups in total. The van der Waals surface area contributed by atoms with Crippen molar-refractivity contribution in [3.8, 4) is 18.0 Å². The highest BCUT2D eigenvalue weighted by molar-refractivity contribution is 6.30. The number of hydrogen-bond acceptors (Lipinski definition) is 3. The van der Waals surface area contributed by atoms with E-state index >= 15 is 0 Å². The molecule has 0 aliphatic heterocycles. The summed E-state index contributed by atoms with van der Waals surface area (Å²) in [7, 11) is 0. The Morgan fingerprint density at radius 1 is 1.10 bits per heavy atom. The van der Waals surface area contributed by atoms with Gasteiger partial charge in [-0.05, 0) is 60.2 Å². The molecule has 0 radical (unpaired) electrons. The van der Waals surface area contributed by atoms with Crippen LogP contribution in [0.15, 0.2) is 65.6 Å². The van der Waals surface area contributed by atoms with Crippen molar-refractivity contribution in [2.45, 2.75) is 0 Å². The van der Waals surface area contributed by atoms with Crippen molar-refractivity contribution in [1.82, 2.24) is 14.5 Å². The van der Waals surface area contributed by atoms with Crippen LogP contribution in [-0.4, -0.2) is 14.5 Å². The third kappa shape index (κ3) is 3.66. The Bertz CT molecular complexity index is 1350. The maximum absolute atomic E-state index is 13.7. The standard InChI is InChI=1S/C23H13ClFN3O/c1-2-15-5-9-17(10-6-15)28-21(12-8-16-7-11-19(24)20(25)14-16)27-22-18(23(28)29)4-3-13-26-22/h1,3-14H. The van der Waals surface area contributed by atoms with Crippen LogP contribution in [0.2, 0.25) is 5.02 Å². The molecule has 0 fully saturated rings. The first-order chi connectivity index (χ1) is 14.1. The van der Waals surface area contributed by atoms with E-state index in [0.29, 0.717) is 33.7 Å². The van der Waals surface area contributed by atoms with Crippen LogP contribution in [0.3, 0.4) is 0 Å². The van der Waals surface area contributed by atoms with Gasteiger partial charge < -0.3 is 0 Å². The van der Waals surface area contributed by atoms with E-state index < -0.39 is 5.82 Å². The first-order valence-electron chi connectivity index (χ1n) is 8.65. The van der Waals surface area contributed by atoms with Crippen molar-refractivity contribution in [3.63, 3.8) is 0 Å². The maximum Gasteiger partial charge on any atom is 0.267 e. The van der Waals surface area contributed by atoms with E-state index in [4.69, 9.17) is 18.0 Å². The minimum atomic E-state index is -0.524. The van der Waals surface area contributed by atoms with E-state index in [1.807, 2.05) is 0 Å². The fraction of sp³-hybridized carbons (Fsp3) is 0. The van der Waals surface area contributed by atoms with E-state index in [1.165, 1.54) is 16.7 Å². The molecule has 2 heterocycles. The van der Waals surface area contributed by atoms with E-state index in [2.05, 4.69) is 15.9 Å². The summed E-state index contributed by atoms with van der Waals surface area (Å²) in [5.74, 6) is 2.38. The second-order valence-corrected chi connectivity index (χ2v) is 6.59. The molecule has 140 valence electrons. The number of benzene rings is 2. The zero-order chi connectivity index (χ0) is 20.4. The summed E-state index contributed by atoms with van der Waals surface area (Å²) in [6.45, 7) is 0. The normalized spacial score (nSPS) is 11.1. The molecule has 0 atom stereocenters.